The molecule has 1 aliphatic carbocycles. The highest BCUT2D eigenvalue weighted by Crippen LogP contribution is 2.29. The molecule has 0 amide bonds. The topological polar surface area (TPSA) is 12.0 Å². The Balaban J connectivity index is 2.21. The summed E-state index contributed by atoms with van der Waals surface area (Å²) in [5.74, 6) is 4.34. The Morgan fingerprint density at radius 2 is 2.00 bits per heavy atom. The van der Waals surface area contributed by atoms with Crippen molar-refractivity contribution < 1.29 is 0 Å². The molecule has 90 valence electrons. The van der Waals surface area contributed by atoms with E-state index < -0.39 is 0 Å². The number of hydrogen-bond acceptors (Lipinski definition) is 2. The van der Waals surface area contributed by atoms with Crippen LogP contribution in [0, 0.1) is 11.8 Å². The van der Waals surface area contributed by atoms with Crippen molar-refractivity contribution in [2.24, 2.45) is 11.8 Å². The zero-order valence-corrected chi connectivity index (χ0v) is 11.6. The summed E-state index contributed by atoms with van der Waals surface area (Å²) in [6.45, 7) is 9.37. The molecule has 15 heavy (non-hydrogen) atoms. The molecule has 4 unspecified atom stereocenters. The predicted octanol–water partition coefficient (Wildman–Crippen LogP) is 3.54. The SMILES string of the molecule is CCSCC(C)NC1CCC(C)C(C)C1. The van der Waals surface area contributed by atoms with Gasteiger partial charge in [-0.3, -0.25) is 0 Å². The lowest BCUT2D eigenvalue weighted by Gasteiger charge is -2.34. The van der Waals surface area contributed by atoms with E-state index in [0.29, 0.717) is 6.04 Å². The van der Waals surface area contributed by atoms with Gasteiger partial charge in [-0.1, -0.05) is 20.8 Å². The molecular formula is C13H27NS. The maximum atomic E-state index is 3.78. The third-order valence-electron chi connectivity index (χ3n) is 3.69. The minimum Gasteiger partial charge on any atom is -0.311 e. The summed E-state index contributed by atoms with van der Waals surface area (Å²) in [5.41, 5.74) is 0. The number of thioether (sulfide) groups is 1. The van der Waals surface area contributed by atoms with Crippen LogP contribution in [0.25, 0.3) is 0 Å². The molecule has 0 aromatic heterocycles. The largest absolute Gasteiger partial charge is 0.311 e. The molecule has 0 bridgehead atoms. The van der Waals surface area contributed by atoms with Crippen LogP contribution in [0.2, 0.25) is 0 Å². The maximum absolute atomic E-state index is 3.78. The molecular weight excluding hydrogens is 202 g/mol. The van der Waals surface area contributed by atoms with E-state index in [2.05, 4.69) is 33.0 Å². The summed E-state index contributed by atoms with van der Waals surface area (Å²) in [6, 6.07) is 1.46. The van der Waals surface area contributed by atoms with E-state index in [1.165, 1.54) is 30.8 Å². The molecule has 1 aliphatic rings. The molecule has 1 nitrogen and oxygen atoms in total. The molecule has 0 spiro atoms. The second-order valence-electron chi connectivity index (χ2n) is 5.19. The lowest BCUT2D eigenvalue weighted by Crippen LogP contribution is -2.42. The van der Waals surface area contributed by atoms with E-state index in [0.717, 1.165) is 17.9 Å². The highest BCUT2D eigenvalue weighted by Gasteiger charge is 2.24. The zero-order valence-electron chi connectivity index (χ0n) is 10.8. The minimum atomic E-state index is 0.681. The Hall–Kier alpha value is 0.310. The van der Waals surface area contributed by atoms with E-state index in [1.807, 2.05) is 11.8 Å². The number of rotatable bonds is 5. The second-order valence-corrected chi connectivity index (χ2v) is 6.51. The molecule has 0 radical (unpaired) electrons. The molecule has 1 N–H and O–H groups in total. The van der Waals surface area contributed by atoms with Gasteiger partial charge in [0.25, 0.3) is 0 Å². The first-order valence-electron chi connectivity index (χ1n) is 6.47. The molecule has 1 fully saturated rings. The average Bonchev–Trinajstić information content (AvgIpc) is 2.20. The molecule has 0 heterocycles. The fourth-order valence-electron chi connectivity index (χ4n) is 2.44. The van der Waals surface area contributed by atoms with Gasteiger partial charge in [0, 0.05) is 17.8 Å². The zero-order chi connectivity index (χ0) is 11.3. The van der Waals surface area contributed by atoms with E-state index in [4.69, 9.17) is 0 Å². The summed E-state index contributed by atoms with van der Waals surface area (Å²) in [4.78, 5) is 0. The van der Waals surface area contributed by atoms with Crippen LogP contribution in [-0.4, -0.2) is 23.6 Å². The fourth-order valence-corrected chi connectivity index (χ4v) is 3.13. The van der Waals surface area contributed by atoms with Crippen molar-refractivity contribution in [3.05, 3.63) is 0 Å². The van der Waals surface area contributed by atoms with Crippen LogP contribution in [0.4, 0.5) is 0 Å². The average molecular weight is 229 g/mol. The standard InChI is InChI=1S/C13H27NS/c1-5-15-9-12(4)14-13-7-6-10(2)11(3)8-13/h10-14H,5-9H2,1-4H3. The molecule has 2 heteroatoms. The van der Waals surface area contributed by atoms with Crippen molar-refractivity contribution in [1.29, 1.82) is 0 Å². The Morgan fingerprint density at radius 3 is 2.60 bits per heavy atom. The summed E-state index contributed by atoms with van der Waals surface area (Å²) >= 11 is 2.04. The van der Waals surface area contributed by atoms with Crippen molar-refractivity contribution in [3.8, 4) is 0 Å². The van der Waals surface area contributed by atoms with Crippen LogP contribution in [0.15, 0.2) is 0 Å². The lowest BCUT2D eigenvalue weighted by atomic mass is 9.79. The first kappa shape index (κ1) is 13.4. The summed E-state index contributed by atoms with van der Waals surface area (Å²) in [7, 11) is 0. The van der Waals surface area contributed by atoms with Crippen LogP contribution in [0.1, 0.15) is 47.0 Å². The number of nitrogens with one attached hydrogen (secondary N) is 1. The van der Waals surface area contributed by atoms with E-state index in [-0.39, 0.29) is 0 Å². The summed E-state index contributed by atoms with van der Waals surface area (Å²) < 4.78 is 0. The molecule has 1 saturated carbocycles. The Labute approximate surface area is 99.8 Å². The monoisotopic (exact) mass is 229 g/mol. The van der Waals surface area contributed by atoms with Gasteiger partial charge in [0.05, 0.1) is 0 Å². The van der Waals surface area contributed by atoms with Gasteiger partial charge in [-0.25, -0.2) is 0 Å². The Morgan fingerprint density at radius 1 is 1.27 bits per heavy atom. The quantitative estimate of drug-likeness (QED) is 0.774. The van der Waals surface area contributed by atoms with Gasteiger partial charge in [0.15, 0.2) is 0 Å². The molecule has 0 aromatic rings. The van der Waals surface area contributed by atoms with Crippen molar-refractivity contribution in [2.75, 3.05) is 11.5 Å². The van der Waals surface area contributed by atoms with Crippen molar-refractivity contribution in [1.82, 2.24) is 5.32 Å². The maximum Gasteiger partial charge on any atom is 0.0132 e. The lowest BCUT2D eigenvalue weighted by molar-refractivity contribution is 0.220. The van der Waals surface area contributed by atoms with E-state index in [1.54, 1.807) is 0 Å². The predicted molar refractivity (Wildman–Crippen MR) is 71.6 cm³/mol. The van der Waals surface area contributed by atoms with Gasteiger partial charge in [-0.2, -0.15) is 11.8 Å². The van der Waals surface area contributed by atoms with Gasteiger partial charge in [-0.15, -0.1) is 0 Å². The van der Waals surface area contributed by atoms with Crippen molar-refractivity contribution in [2.45, 2.75) is 59.0 Å². The second kappa shape index (κ2) is 6.80. The number of hydrogen-bond donors (Lipinski definition) is 1. The minimum absolute atomic E-state index is 0.681. The van der Waals surface area contributed by atoms with Gasteiger partial charge in [0.1, 0.15) is 0 Å². The van der Waals surface area contributed by atoms with Crippen LogP contribution in [0.5, 0.6) is 0 Å². The smallest absolute Gasteiger partial charge is 0.0132 e. The molecule has 1 rings (SSSR count). The van der Waals surface area contributed by atoms with E-state index in [9.17, 15) is 0 Å². The van der Waals surface area contributed by atoms with Gasteiger partial charge >= 0.3 is 0 Å². The van der Waals surface area contributed by atoms with Gasteiger partial charge < -0.3 is 5.32 Å². The van der Waals surface area contributed by atoms with Crippen molar-refractivity contribution in [3.63, 3.8) is 0 Å². The molecule has 0 aromatic carbocycles. The first-order valence-corrected chi connectivity index (χ1v) is 7.62. The third-order valence-corrected chi connectivity index (χ3v) is 4.83. The molecule has 0 aliphatic heterocycles. The van der Waals surface area contributed by atoms with Crippen molar-refractivity contribution >= 4 is 11.8 Å². The van der Waals surface area contributed by atoms with Crippen LogP contribution in [-0.2, 0) is 0 Å². The highest BCUT2D eigenvalue weighted by atomic mass is 32.2. The molecule has 4 atom stereocenters. The van der Waals surface area contributed by atoms with Crippen LogP contribution < -0.4 is 5.32 Å². The van der Waals surface area contributed by atoms with E-state index >= 15 is 0 Å². The van der Waals surface area contributed by atoms with Crippen LogP contribution >= 0.6 is 11.8 Å². The summed E-state index contributed by atoms with van der Waals surface area (Å²) in [5, 5.41) is 3.78. The highest BCUT2D eigenvalue weighted by molar-refractivity contribution is 7.99. The first-order chi connectivity index (χ1) is 7.13. The van der Waals surface area contributed by atoms with Gasteiger partial charge in [0.2, 0.25) is 0 Å². The fraction of sp³-hybridized carbons (Fsp3) is 1.00. The van der Waals surface area contributed by atoms with Crippen LogP contribution in [0.3, 0.4) is 0 Å². The normalized spacial score (nSPS) is 34.0. The Bertz CT molecular complexity index is 172. The molecule has 0 saturated heterocycles. The Kier molecular flexibility index (Phi) is 6.06. The van der Waals surface area contributed by atoms with Gasteiger partial charge in [-0.05, 0) is 43.8 Å². The summed E-state index contributed by atoms with van der Waals surface area (Å²) in [6.07, 6.45) is 4.17. The third kappa shape index (κ3) is 4.78.